The highest BCUT2D eigenvalue weighted by Crippen LogP contribution is 2.32. The molecule has 3 rings (SSSR count). The molecule has 0 saturated carbocycles. The summed E-state index contributed by atoms with van der Waals surface area (Å²) >= 11 is 6.12. The van der Waals surface area contributed by atoms with E-state index in [2.05, 4.69) is 10.3 Å². The molecule has 30 heavy (non-hydrogen) atoms. The van der Waals surface area contributed by atoms with Crippen LogP contribution in [0.15, 0.2) is 29.3 Å². The average molecular weight is 437 g/mol. The topological polar surface area (TPSA) is 101 Å². The largest absolute Gasteiger partial charge is 0.465 e. The van der Waals surface area contributed by atoms with Crippen LogP contribution in [0.2, 0.25) is 5.02 Å². The lowest BCUT2D eigenvalue weighted by atomic mass is 9.91. The first-order chi connectivity index (χ1) is 14.4. The number of hydrogen-bond donors (Lipinski definition) is 1. The fourth-order valence-corrected chi connectivity index (χ4v) is 3.67. The second-order valence-corrected chi connectivity index (χ2v) is 7.28. The van der Waals surface area contributed by atoms with Crippen LogP contribution in [-0.4, -0.2) is 73.1 Å². The number of aliphatic imine (C=N–C) groups is 1. The summed E-state index contributed by atoms with van der Waals surface area (Å²) in [4.78, 5) is 45.4. The number of rotatable bonds is 4. The number of halogens is 1. The molecular formula is C20H25ClN4O5. The number of guanidine groups is 1. The summed E-state index contributed by atoms with van der Waals surface area (Å²) in [5.74, 6) is -1.84. The van der Waals surface area contributed by atoms with Gasteiger partial charge in [-0.15, -0.1) is 0 Å². The van der Waals surface area contributed by atoms with Gasteiger partial charge in [-0.2, -0.15) is 0 Å². The standard InChI is InChI=1S/C20H25ClN4O5/c1-3-29-18(27)15-16(13-6-5-7-14(21)12-13)22-19(23-17(15)26)24-8-10-25(11-9-24)20(28)30-4-2/h5-7,12,15-16H,3-4,8-11H2,1-2H3,(H,22,23,26). The minimum Gasteiger partial charge on any atom is -0.465 e. The van der Waals surface area contributed by atoms with Crippen molar-refractivity contribution >= 4 is 35.5 Å². The van der Waals surface area contributed by atoms with Crippen molar-refractivity contribution in [1.29, 1.82) is 0 Å². The number of carbonyl (C=O) groups is 3. The summed E-state index contributed by atoms with van der Waals surface area (Å²) in [6, 6.07) is 6.18. The summed E-state index contributed by atoms with van der Waals surface area (Å²) in [6.45, 7) is 5.76. The summed E-state index contributed by atoms with van der Waals surface area (Å²) in [5.41, 5.74) is 0.651. The van der Waals surface area contributed by atoms with Crippen LogP contribution in [0, 0.1) is 5.92 Å². The van der Waals surface area contributed by atoms with Gasteiger partial charge in [-0.05, 0) is 31.5 Å². The van der Waals surface area contributed by atoms with Crippen molar-refractivity contribution in [3.8, 4) is 0 Å². The number of hydrogen-bond acceptors (Lipinski definition) is 7. The van der Waals surface area contributed by atoms with Crippen LogP contribution in [0.25, 0.3) is 0 Å². The van der Waals surface area contributed by atoms with Crippen molar-refractivity contribution in [2.24, 2.45) is 10.9 Å². The van der Waals surface area contributed by atoms with Crippen LogP contribution in [0.1, 0.15) is 25.5 Å². The smallest absolute Gasteiger partial charge is 0.409 e. The zero-order valence-corrected chi connectivity index (χ0v) is 17.7. The van der Waals surface area contributed by atoms with Crippen LogP contribution in [0.3, 0.4) is 0 Å². The number of esters is 1. The summed E-state index contributed by atoms with van der Waals surface area (Å²) in [6.07, 6.45) is -0.356. The zero-order valence-electron chi connectivity index (χ0n) is 17.0. The van der Waals surface area contributed by atoms with E-state index in [-0.39, 0.29) is 12.7 Å². The minimum atomic E-state index is -1.10. The van der Waals surface area contributed by atoms with E-state index >= 15 is 0 Å². The van der Waals surface area contributed by atoms with Gasteiger partial charge in [-0.1, -0.05) is 23.7 Å². The Kier molecular flexibility index (Phi) is 7.15. The van der Waals surface area contributed by atoms with Gasteiger partial charge in [0.25, 0.3) is 0 Å². The molecule has 2 atom stereocenters. The van der Waals surface area contributed by atoms with E-state index in [1.54, 1.807) is 43.0 Å². The Labute approximate surface area is 180 Å². The molecule has 0 radical (unpaired) electrons. The van der Waals surface area contributed by atoms with Crippen LogP contribution in [0.5, 0.6) is 0 Å². The lowest BCUT2D eigenvalue weighted by Crippen LogP contribution is -2.58. The predicted molar refractivity (Wildman–Crippen MR) is 110 cm³/mol. The molecule has 1 aromatic rings. The third-order valence-corrected chi connectivity index (χ3v) is 5.17. The van der Waals surface area contributed by atoms with Crippen molar-refractivity contribution in [3.63, 3.8) is 0 Å². The molecule has 2 aliphatic heterocycles. The van der Waals surface area contributed by atoms with E-state index in [1.165, 1.54) is 0 Å². The Bertz CT molecular complexity index is 838. The maximum absolute atomic E-state index is 12.9. The molecule has 1 aromatic carbocycles. The fraction of sp³-hybridized carbons (Fsp3) is 0.500. The highest BCUT2D eigenvalue weighted by Gasteiger charge is 2.42. The second kappa shape index (κ2) is 9.80. The molecule has 2 aliphatic rings. The van der Waals surface area contributed by atoms with Crippen molar-refractivity contribution in [2.75, 3.05) is 39.4 Å². The highest BCUT2D eigenvalue weighted by atomic mass is 35.5. The molecule has 1 saturated heterocycles. The van der Waals surface area contributed by atoms with Gasteiger partial charge in [-0.25, -0.2) is 9.79 Å². The molecular weight excluding hydrogens is 412 g/mol. The number of amides is 2. The average Bonchev–Trinajstić information content (AvgIpc) is 2.73. The number of benzene rings is 1. The molecule has 162 valence electrons. The number of ether oxygens (including phenoxy) is 2. The number of nitrogens with one attached hydrogen (secondary N) is 1. The predicted octanol–water partition coefficient (Wildman–Crippen LogP) is 1.82. The molecule has 0 aromatic heterocycles. The van der Waals surface area contributed by atoms with E-state index in [0.29, 0.717) is 49.3 Å². The van der Waals surface area contributed by atoms with Crippen LogP contribution >= 0.6 is 11.6 Å². The molecule has 0 bridgehead atoms. The van der Waals surface area contributed by atoms with E-state index in [0.717, 1.165) is 0 Å². The van der Waals surface area contributed by atoms with Gasteiger partial charge in [0.2, 0.25) is 11.9 Å². The lowest BCUT2D eigenvalue weighted by Gasteiger charge is -2.38. The first-order valence-electron chi connectivity index (χ1n) is 9.92. The van der Waals surface area contributed by atoms with Crippen molar-refractivity contribution in [1.82, 2.24) is 15.1 Å². The molecule has 1 N–H and O–H groups in total. The van der Waals surface area contributed by atoms with Gasteiger partial charge in [0.15, 0.2) is 5.92 Å². The van der Waals surface area contributed by atoms with Crippen LogP contribution < -0.4 is 5.32 Å². The Morgan fingerprint density at radius 3 is 2.50 bits per heavy atom. The Hall–Kier alpha value is -2.81. The van der Waals surface area contributed by atoms with Crippen molar-refractivity contribution in [3.05, 3.63) is 34.9 Å². The molecule has 2 amide bonds. The summed E-state index contributed by atoms with van der Waals surface area (Å²) in [5, 5.41) is 3.21. The van der Waals surface area contributed by atoms with Gasteiger partial charge in [0.05, 0.1) is 13.2 Å². The molecule has 9 nitrogen and oxygen atoms in total. The molecule has 0 aliphatic carbocycles. The minimum absolute atomic E-state index is 0.164. The fourth-order valence-electron chi connectivity index (χ4n) is 3.47. The number of piperazine rings is 1. The quantitative estimate of drug-likeness (QED) is 0.570. The third-order valence-electron chi connectivity index (χ3n) is 4.93. The molecule has 2 heterocycles. The van der Waals surface area contributed by atoms with Gasteiger partial charge in [0.1, 0.15) is 6.04 Å². The number of nitrogens with zero attached hydrogens (tertiary/aromatic N) is 3. The Morgan fingerprint density at radius 1 is 1.17 bits per heavy atom. The first kappa shape index (κ1) is 21.9. The molecule has 10 heteroatoms. The zero-order chi connectivity index (χ0) is 21.7. The SMILES string of the molecule is CCOC(=O)C1C(=O)NC(N2CCN(C(=O)OCC)CC2)=NC1c1cccc(Cl)c1. The van der Waals surface area contributed by atoms with Gasteiger partial charge < -0.3 is 19.3 Å². The van der Waals surface area contributed by atoms with Gasteiger partial charge in [-0.3, -0.25) is 14.9 Å². The Morgan fingerprint density at radius 2 is 1.87 bits per heavy atom. The maximum atomic E-state index is 12.9. The van der Waals surface area contributed by atoms with Crippen molar-refractivity contribution < 1.29 is 23.9 Å². The maximum Gasteiger partial charge on any atom is 0.409 e. The Balaban J connectivity index is 1.83. The number of carbonyl (C=O) groups excluding carboxylic acids is 3. The second-order valence-electron chi connectivity index (χ2n) is 6.84. The third kappa shape index (κ3) is 4.84. The van der Waals surface area contributed by atoms with Crippen LogP contribution in [-0.2, 0) is 19.1 Å². The lowest BCUT2D eigenvalue weighted by molar-refractivity contribution is -0.153. The normalized spacial score (nSPS) is 21.6. The van der Waals surface area contributed by atoms with E-state index < -0.39 is 23.8 Å². The van der Waals surface area contributed by atoms with Gasteiger partial charge in [0, 0.05) is 31.2 Å². The summed E-state index contributed by atoms with van der Waals surface area (Å²) in [7, 11) is 0. The molecule has 2 unspecified atom stereocenters. The van der Waals surface area contributed by atoms with E-state index in [1.807, 2.05) is 4.90 Å². The summed E-state index contributed by atoms with van der Waals surface area (Å²) < 4.78 is 10.1. The monoisotopic (exact) mass is 436 g/mol. The van der Waals surface area contributed by atoms with Crippen molar-refractivity contribution in [2.45, 2.75) is 19.9 Å². The van der Waals surface area contributed by atoms with Crippen LogP contribution in [0.4, 0.5) is 4.79 Å². The van der Waals surface area contributed by atoms with Gasteiger partial charge >= 0.3 is 12.1 Å². The molecule has 1 fully saturated rings. The highest BCUT2D eigenvalue weighted by molar-refractivity contribution is 6.30. The molecule has 0 spiro atoms. The van der Waals surface area contributed by atoms with E-state index in [4.69, 9.17) is 21.1 Å². The van der Waals surface area contributed by atoms with E-state index in [9.17, 15) is 14.4 Å². The first-order valence-corrected chi connectivity index (χ1v) is 10.3.